The van der Waals surface area contributed by atoms with Gasteiger partial charge in [0.2, 0.25) is 11.0 Å². The van der Waals surface area contributed by atoms with Gasteiger partial charge in [-0.15, -0.1) is 21.5 Å². The number of methoxy groups -OCH3 is 1. The Morgan fingerprint density at radius 2 is 2.00 bits per heavy atom. The highest BCUT2D eigenvalue weighted by molar-refractivity contribution is 8.01. The van der Waals surface area contributed by atoms with E-state index in [1.807, 2.05) is 20.8 Å². The van der Waals surface area contributed by atoms with Crippen LogP contribution >= 0.6 is 34.4 Å². The largest absolute Gasteiger partial charge is 0.465 e. The van der Waals surface area contributed by atoms with E-state index in [9.17, 15) is 9.59 Å². The lowest BCUT2D eigenvalue weighted by Gasteiger charge is -2.05. The highest BCUT2D eigenvalue weighted by Crippen LogP contribution is 2.33. The predicted molar refractivity (Wildman–Crippen MR) is 98.6 cm³/mol. The summed E-state index contributed by atoms with van der Waals surface area (Å²) in [6.07, 6.45) is 0. The van der Waals surface area contributed by atoms with E-state index in [1.165, 1.54) is 41.5 Å². The summed E-state index contributed by atoms with van der Waals surface area (Å²) in [5.74, 6) is -0.456. The van der Waals surface area contributed by atoms with E-state index in [-0.39, 0.29) is 11.7 Å². The van der Waals surface area contributed by atoms with Crippen LogP contribution in [0, 0.1) is 13.8 Å². The first-order chi connectivity index (χ1) is 11.5. The molecule has 0 unspecified atom stereocenters. The standard InChI is InChI=1S/C14H18N4O3S3/c1-5-15-13-17-18-14(24-13)22-6-9(19)16-11-10(12(20)21-4)7(2)8(3)23-11/h5-6H2,1-4H3,(H,15,17)(H,16,19). The molecule has 0 fully saturated rings. The summed E-state index contributed by atoms with van der Waals surface area (Å²) >= 11 is 4.08. The average molecular weight is 387 g/mol. The van der Waals surface area contributed by atoms with Crippen LogP contribution < -0.4 is 10.6 Å². The quantitative estimate of drug-likeness (QED) is 0.557. The van der Waals surface area contributed by atoms with Gasteiger partial charge in [-0.1, -0.05) is 23.1 Å². The minimum atomic E-state index is -0.445. The third-order valence-corrected chi connectivity index (χ3v) is 6.23. The van der Waals surface area contributed by atoms with Crippen molar-refractivity contribution in [3.05, 3.63) is 16.0 Å². The third-order valence-electron chi connectivity index (χ3n) is 3.09. The second-order valence-corrected chi connectivity index (χ2v) is 8.14. The molecule has 1 amide bonds. The molecule has 0 bridgehead atoms. The molecule has 2 aromatic heterocycles. The van der Waals surface area contributed by atoms with Crippen LogP contribution in [0.3, 0.4) is 0 Å². The van der Waals surface area contributed by atoms with Crippen molar-refractivity contribution in [1.82, 2.24) is 10.2 Å². The number of esters is 1. The molecule has 2 heterocycles. The van der Waals surface area contributed by atoms with Crippen LogP contribution in [0.15, 0.2) is 4.34 Å². The molecule has 0 radical (unpaired) electrons. The van der Waals surface area contributed by atoms with Crippen LogP contribution in [-0.4, -0.2) is 41.5 Å². The van der Waals surface area contributed by atoms with Crippen molar-refractivity contribution in [3.8, 4) is 0 Å². The Balaban J connectivity index is 1.99. The van der Waals surface area contributed by atoms with Gasteiger partial charge in [0.05, 0.1) is 18.4 Å². The molecule has 0 saturated heterocycles. The molecule has 2 N–H and O–H groups in total. The maximum absolute atomic E-state index is 12.2. The number of aryl methyl sites for hydroxylation is 1. The summed E-state index contributed by atoms with van der Waals surface area (Å²) in [6.45, 7) is 6.49. The number of hydrogen-bond acceptors (Lipinski definition) is 9. The number of anilines is 2. The molecule has 2 rings (SSSR count). The zero-order chi connectivity index (χ0) is 17.7. The number of amides is 1. The number of carbonyl (C=O) groups is 2. The van der Waals surface area contributed by atoms with E-state index in [2.05, 4.69) is 20.8 Å². The summed E-state index contributed by atoms with van der Waals surface area (Å²) in [7, 11) is 1.33. The van der Waals surface area contributed by atoms with Crippen LogP contribution in [0.2, 0.25) is 0 Å². The molecule has 0 aliphatic carbocycles. The summed E-state index contributed by atoms with van der Waals surface area (Å²) in [6, 6.07) is 0. The minimum absolute atomic E-state index is 0.192. The van der Waals surface area contributed by atoms with Crippen molar-refractivity contribution in [2.24, 2.45) is 0 Å². The van der Waals surface area contributed by atoms with Gasteiger partial charge in [0.25, 0.3) is 0 Å². The lowest BCUT2D eigenvalue weighted by atomic mass is 10.1. The van der Waals surface area contributed by atoms with Gasteiger partial charge < -0.3 is 15.4 Å². The second kappa shape index (κ2) is 8.45. The Bertz CT molecular complexity index is 742. The summed E-state index contributed by atoms with van der Waals surface area (Å²) in [5, 5.41) is 15.1. The van der Waals surface area contributed by atoms with Crippen LogP contribution in [0.25, 0.3) is 0 Å². The Kier molecular flexibility index (Phi) is 6.58. The molecular formula is C14H18N4O3S3. The fourth-order valence-corrected chi connectivity index (χ4v) is 4.53. The fraction of sp³-hybridized carbons (Fsp3) is 0.429. The molecule has 2 aromatic rings. The van der Waals surface area contributed by atoms with Crippen LogP contribution in [-0.2, 0) is 9.53 Å². The number of hydrogen-bond donors (Lipinski definition) is 2. The number of thiophene rings is 1. The Labute approximate surface area is 152 Å². The lowest BCUT2D eigenvalue weighted by molar-refractivity contribution is -0.113. The van der Waals surface area contributed by atoms with Crippen molar-refractivity contribution < 1.29 is 14.3 Å². The van der Waals surface area contributed by atoms with Gasteiger partial charge in [0.1, 0.15) is 5.00 Å². The molecule has 10 heteroatoms. The van der Waals surface area contributed by atoms with Crippen LogP contribution in [0.1, 0.15) is 27.7 Å². The molecule has 0 aromatic carbocycles. The van der Waals surface area contributed by atoms with Gasteiger partial charge in [0, 0.05) is 11.4 Å². The first-order valence-electron chi connectivity index (χ1n) is 7.14. The normalized spacial score (nSPS) is 10.5. The summed E-state index contributed by atoms with van der Waals surface area (Å²) in [5.41, 5.74) is 1.25. The molecule has 0 atom stereocenters. The molecular weight excluding hydrogens is 368 g/mol. The van der Waals surface area contributed by atoms with Gasteiger partial charge in [-0.2, -0.15) is 0 Å². The molecule has 0 aliphatic heterocycles. The first-order valence-corrected chi connectivity index (χ1v) is 9.76. The number of nitrogens with one attached hydrogen (secondary N) is 2. The van der Waals surface area contributed by atoms with Gasteiger partial charge in [-0.3, -0.25) is 4.79 Å². The smallest absolute Gasteiger partial charge is 0.341 e. The van der Waals surface area contributed by atoms with E-state index in [0.717, 1.165) is 22.1 Å². The van der Waals surface area contributed by atoms with Gasteiger partial charge in [-0.25, -0.2) is 4.79 Å². The van der Waals surface area contributed by atoms with E-state index in [1.54, 1.807) is 0 Å². The number of thioether (sulfide) groups is 1. The van der Waals surface area contributed by atoms with E-state index >= 15 is 0 Å². The second-order valence-electron chi connectivity index (χ2n) is 4.72. The number of aromatic nitrogens is 2. The minimum Gasteiger partial charge on any atom is -0.465 e. The number of ether oxygens (including phenoxy) is 1. The van der Waals surface area contributed by atoms with Crippen LogP contribution in [0.4, 0.5) is 10.1 Å². The Hall–Kier alpha value is -1.65. The van der Waals surface area contributed by atoms with E-state index < -0.39 is 5.97 Å². The maximum atomic E-state index is 12.2. The van der Waals surface area contributed by atoms with Crippen molar-refractivity contribution in [3.63, 3.8) is 0 Å². The van der Waals surface area contributed by atoms with Crippen LogP contribution in [0.5, 0.6) is 0 Å². The topological polar surface area (TPSA) is 93.2 Å². The maximum Gasteiger partial charge on any atom is 0.341 e. The van der Waals surface area contributed by atoms with E-state index in [0.29, 0.717) is 14.9 Å². The lowest BCUT2D eigenvalue weighted by Crippen LogP contribution is -2.16. The van der Waals surface area contributed by atoms with E-state index in [4.69, 9.17) is 4.74 Å². The molecule has 0 spiro atoms. The van der Waals surface area contributed by atoms with Crippen molar-refractivity contribution in [2.75, 3.05) is 30.0 Å². The zero-order valence-corrected chi connectivity index (χ0v) is 16.2. The first kappa shape index (κ1) is 18.7. The number of rotatable bonds is 7. The highest BCUT2D eigenvalue weighted by Gasteiger charge is 2.21. The Morgan fingerprint density at radius 1 is 1.25 bits per heavy atom. The fourth-order valence-electron chi connectivity index (χ4n) is 1.84. The third kappa shape index (κ3) is 4.46. The molecule has 0 aliphatic rings. The molecule has 130 valence electrons. The average Bonchev–Trinajstić information content (AvgIpc) is 3.10. The monoisotopic (exact) mass is 386 g/mol. The summed E-state index contributed by atoms with van der Waals surface area (Å²) < 4.78 is 5.51. The van der Waals surface area contributed by atoms with Crippen molar-refractivity contribution in [1.29, 1.82) is 0 Å². The van der Waals surface area contributed by atoms with Gasteiger partial charge in [0.15, 0.2) is 4.34 Å². The Morgan fingerprint density at radius 3 is 2.67 bits per heavy atom. The van der Waals surface area contributed by atoms with Crippen molar-refractivity contribution in [2.45, 2.75) is 25.1 Å². The SMILES string of the molecule is CCNc1nnc(SCC(=O)Nc2sc(C)c(C)c2C(=O)OC)s1. The van der Waals surface area contributed by atoms with Gasteiger partial charge in [-0.05, 0) is 26.3 Å². The predicted octanol–water partition coefficient (Wildman–Crippen LogP) is 3.17. The highest BCUT2D eigenvalue weighted by atomic mass is 32.2. The molecule has 0 saturated carbocycles. The van der Waals surface area contributed by atoms with Gasteiger partial charge >= 0.3 is 5.97 Å². The number of nitrogens with zero attached hydrogens (tertiary/aromatic N) is 2. The molecule has 24 heavy (non-hydrogen) atoms. The van der Waals surface area contributed by atoms with Crippen molar-refractivity contribution >= 4 is 56.4 Å². The zero-order valence-electron chi connectivity index (χ0n) is 13.8. The summed E-state index contributed by atoms with van der Waals surface area (Å²) in [4.78, 5) is 25.0. The number of carbonyl (C=O) groups excluding carboxylic acids is 2. The molecule has 7 nitrogen and oxygen atoms in total.